The molecule has 0 fully saturated rings. The Hall–Kier alpha value is -5.53. The number of aryl methyl sites for hydroxylation is 12. The first-order chi connectivity index (χ1) is 27.2. The number of benzene rings is 7. The van der Waals surface area contributed by atoms with Crippen LogP contribution in [0.25, 0.3) is 27.5 Å². The van der Waals surface area contributed by atoms with Gasteiger partial charge >= 0.3 is 0 Å². The van der Waals surface area contributed by atoms with Gasteiger partial charge in [-0.3, -0.25) is 0 Å². The maximum absolute atomic E-state index is 2.53. The average molecular weight is 740 g/mol. The van der Waals surface area contributed by atoms with Crippen LogP contribution in [0.3, 0.4) is 0 Å². The van der Waals surface area contributed by atoms with Crippen LogP contribution in [0.5, 0.6) is 0 Å². The maximum Gasteiger partial charge on any atom is 0.242 e. The van der Waals surface area contributed by atoms with Gasteiger partial charge < -0.3 is 4.57 Å². The van der Waals surface area contributed by atoms with Crippen molar-refractivity contribution in [3.05, 3.63) is 182 Å². The van der Waals surface area contributed by atoms with Gasteiger partial charge in [-0.05, 0) is 107 Å². The van der Waals surface area contributed by atoms with Gasteiger partial charge in [0.2, 0.25) is 13.4 Å². The predicted octanol–water partition coefficient (Wildman–Crippen LogP) is 9.52. The van der Waals surface area contributed by atoms with E-state index in [2.05, 4.69) is 203 Å². The van der Waals surface area contributed by atoms with Gasteiger partial charge in [0.15, 0.2) is 0 Å². The van der Waals surface area contributed by atoms with Gasteiger partial charge in [0, 0.05) is 16.5 Å². The molecule has 282 valence electrons. The SMILES string of the molecule is Cc1cc(C)c(B(c2ccc3c(c2)c2cc(B(c4c(C)cc(C)cc4C)c4c(C)cc(C)cc4C)ccc2n3-c2ccccc2)c2c(C)cc(C)cc2C)c(C)c1. The van der Waals surface area contributed by atoms with E-state index in [0.717, 1.165) is 0 Å². The van der Waals surface area contributed by atoms with E-state index in [1.165, 1.54) is 127 Å². The summed E-state index contributed by atoms with van der Waals surface area (Å²) in [4.78, 5) is 0. The fourth-order valence-corrected chi connectivity index (χ4v) is 10.8. The summed E-state index contributed by atoms with van der Waals surface area (Å²) in [6, 6.07) is 44.5. The standard InChI is InChI=1S/C54H55B2N/c1-32-22-36(5)51(37(6)23-32)55(52-38(7)24-33(2)25-39(52)8)44-18-20-49-47(30-44)48-31-45(19-21-50(48)57(49)46-16-14-13-15-17-46)56(53-40(9)26-34(3)27-41(53)10)54-42(11)28-35(4)29-43(54)12/h13-31H,1-12H3. The highest BCUT2D eigenvalue weighted by Crippen LogP contribution is 2.32. The van der Waals surface area contributed by atoms with Crippen molar-refractivity contribution in [3.63, 3.8) is 0 Å². The Labute approximate surface area is 342 Å². The molecule has 0 bridgehead atoms. The number of hydrogen-bond acceptors (Lipinski definition) is 0. The highest BCUT2D eigenvalue weighted by atomic mass is 15.0. The van der Waals surface area contributed by atoms with E-state index in [4.69, 9.17) is 0 Å². The molecule has 8 aromatic rings. The second kappa shape index (κ2) is 14.8. The fourth-order valence-electron chi connectivity index (χ4n) is 10.8. The third-order valence-electron chi connectivity index (χ3n) is 12.6. The second-order valence-electron chi connectivity index (χ2n) is 17.3. The minimum absolute atomic E-state index is 0.0948. The summed E-state index contributed by atoms with van der Waals surface area (Å²) in [5.41, 5.74) is 28.0. The number of nitrogens with zero attached hydrogens (tertiary/aromatic N) is 1. The van der Waals surface area contributed by atoms with Crippen molar-refractivity contribution in [1.29, 1.82) is 0 Å². The normalized spacial score (nSPS) is 11.5. The van der Waals surface area contributed by atoms with E-state index >= 15 is 0 Å². The minimum atomic E-state index is 0.0948. The third-order valence-corrected chi connectivity index (χ3v) is 12.6. The molecule has 0 radical (unpaired) electrons. The van der Waals surface area contributed by atoms with E-state index in [1.807, 2.05) is 0 Å². The predicted molar refractivity (Wildman–Crippen MR) is 253 cm³/mol. The molecule has 0 unspecified atom stereocenters. The number of aromatic nitrogens is 1. The van der Waals surface area contributed by atoms with Gasteiger partial charge in [0.25, 0.3) is 0 Å². The summed E-state index contributed by atoms with van der Waals surface area (Å²) in [5.74, 6) is 0. The van der Waals surface area contributed by atoms with E-state index in [9.17, 15) is 0 Å². The highest BCUT2D eigenvalue weighted by molar-refractivity contribution is 6.97. The van der Waals surface area contributed by atoms with Crippen molar-refractivity contribution < 1.29 is 0 Å². The van der Waals surface area contributed by atoms with E-state index < -0.39 is 0 Å². The topological polar surface area (TPSA) is 4.93 Å². The molecule has 3 heteroatoms. The van der Waals surface area contributed by atoms with Crippen LogP contribution in [0.4, 0.5) is 0 Å². The Bertz CT molecular complexity index is 2490. The molecule has 57 heavy (non-hydrogen) atoms. The molecule has 0 aliphatic rings. The molecule has 7 aromatic carbocycles. The molecule has 1 heterocycles. The average Bonchev–Trinajstić information content (AvgIpc) is 3.45. The minimum Gasteiger partial charge on any atom is -0.309 e. The summed E-state index contributed by atoms with van der Waals surface area (Å²) >= 11 is 0. The maximum atomic E-state index is 2.53. The van der Waals surface area contributed by atoms with Crippen molar-refractivity contribution in [2.24, 2.45) is 0 Å². The fraction of sp³-hybridized carbons (Fsp3) is 0.222. The number of hydrogen-bond donors (Lipinski definition) is 0. The molecule has 0 N–H and O–H groups in total. The quantitative estimate of drug-likeness (QED) is 0.144. The molecule has 0 atom stereocenters. The monoisotopic (exact) mass is 739 g/mol. The summed E-state index contributed by atoms with van der Waals surface area (Å²) in [6.45, 7) is 27.5. The first-order valence-corrected chi connectivity index (χ1v) is 20.7. The van der Waals surface area contributed by atoms with Crippen molar-refractivity contribution in [1.82, 2.24) is 4.57 Å². The summed E-state index contributed by atoms with van der Waals surface area (Å²) in [5, 5.41) is 2.58. The Kier molecular flexibility index (Phi) is 9.93. The molecule has 0 saturated carbocycles. The Morgan fingerprint density at radius 1 is 0.316 bits per heavy atom. The number of rotatable bonds is 7. The van der Waals surface area contributed by atoms with Crippen molar-refractivity contribution >= 4 is 68.0 Å². The van der Waals surface area contributed by atoms with E-state index in [0.29, 0.717) is 0 Å². The van der Waals surface area contributed by atoms with E-state index in [1.54, 1.807) is 0 Å². The van der Waals surface area contributed by atoms with Gasteiger partial charge in [-0.25, -0.2) is 0 Å². The second-order valence-corrected chi connectivity index (χ2v) is 17.3. The van der Waals surface area contributed by atoms with Crippen molar-refractivity contribution in [3.8, 4) is 5.69 Å². The molecule has 0 spiro atoms. The van der Waals surface area contributed by atoms with Crippen LogP contribution < -0.4 is 32.8 Å². The molecule has 0 aliphatic heterocycles. The number of para-hydroxylation sites is 1. The zero-order chi connectivity index (χ0) is 40.4. The van der Waals surface area contributed by atoms with Crippen molar-refractivity contribution in [2.75, 3.05) is 0 Å². The third kappa shape index (κ3) is 6.76. The summed E-state index contributed by atoms with van der Waals surface area (Å²) in [7, 11) is 0. The summed E-state index contributed by atoms with van der Waals surface area (Å²) < 4.78 is 2.47. The molecule has 8 rings (SSSR count). The lowest BCUT2D eigenvalue weighted by molar-refractivity contribution is 1.18. The van der Waals surface area contributed by atoms with Gasteiger partial charge in [-0.15, -0.1) is 0 Å². The molecular weight excluding hydrogens is 684 g/mol. The van der Waals surface area contributed by atoms with Crippen molar-refractivity contribution in [2.45, 2.75) is 83.1 Å². The smallest absolute Gasteiger partial charge is 0.242 e. The van der Waals surface area contributed by atoms with Crippen LogP contribution in [0, 0.1) is 83.1 Å². The van der Waals surface area contributed by atoms with Crippen LogP contribution in [0.1, 0.15) is 66.8 Å². The van der Waals surface area contributed by atoms with Crippen LogP contribution in [0.2, 0.25) is 0 Å². The zero-order valence-electron chi connectivity index (χ0n) is 36.1. The highest BCUT2D eigenvalue weighted by Gasteiger charge is 2.31. The lowest BCUT2D eigenvalue weighted by Gasteiger charge is -2.25. The molecule has 0 amide bonds. The first kappa shape index (κ1) is 38.3. The van der Waals surface area contributed by atoms with Crippen LogP contribution in [0.15, 0.2) is 115 Å². The molecule has 1 nitrogen and oxygen atoms in total. The van der Waals surface area contributed by atoms with Crippen LogP contribution in [-0.2, 0) is 0 Å². The van der Waals surface area contributed by atoms with Gasteiger partial charge in [0.05, 0.1) is 11.0 Å². The molecule has 0 saturated heterocycles. The van der Waals surface area contributed by atoms with Gasteiger partial charge in [0.1, 0.15) is 0 Å². The lowest BCUT2D eigenvalue weighted by atomic mass is 9.34. The van der Waals surface area contributed by atoms with Crippen LogP contribution >= 0.6 is 0 Å². The zero-order valence-corrected chi connectivity index (χ0v) is 36.1. The van der Waals surface area contributed by atoms with Gasteiger partial charge in [-0.1, -0.05) is 191 Å². The molecular formula is C54H55B2N. The Morgan fingerprint density at radius 3 is 0.877 bits per heavy atom. The summed E-state index contributed by atoms with van der Waals surface area (Å²) in [6.07, 6.45) is 0. The molecule has 0 aliphatic carbocycles. The lowest BCUT2D eigenvalue weighted by Crippen LogP contribution is -2.56. The Morgan fingerprint density at radius 2 is 0.596 bits per heavy atom. The molecule has 1 aromatic heterocycles. The first-order valence-electron chi connectivity index (χ1n) is 20.7. The van der Waals surface area contributed by atoms with E-state index in [-0.39, 0.29) is 13.4 Å². The van der Waals surface area contributed by atoms with Crippen LogP contribution in [-0.4, -0.2) is 18.0 Å². The number of fused-ring (bicyclic) bond motifs is 3. The largest absolute Gasteiger partial charge is 0.309 e. The van der Waals surface area contributed by atoms with Gasteiger partial charge in [-0.2, -0.15) is 0 Å². The Balaban J connectivity index is 1.47.